The van der Waals surface area contributed by atoms with Crippen LogP contribution in [0.1, 0.15) is 30.8 Å². The quantitative estimate of drug-likeness (QED) is 0.791. The van der Waals surface area contributed by atoms with Crippen molar-refractivity contribution >= 4 is 11.8 Å². The Labute approximate surface area is 102 Å². The summed E-state index contributed by atoms with van der Waals surface area (Å²) in [6, 6.07) is 2.15. The Kier molecular flexibility index (Phi) is 3.14. The number of aliphatic imine (C=N–C) groups is 1. The summed E-state index contributed by atoms with van der Waals surface area (Å²) < 4.78 is 0. The molecule has 1 aromatic heterocycles. The fourth-order valence-corrected chi connectivity index (χ4v) is 2.02. The SMILES string of the molecule is CC1=CC(C)=N/C1=C/C=C/c1[nH]c(C)cc1C. The smallest absolute Gasteiger partial charge is 0.0662 e. The van der Waals surface area contributed by atoms with Gasteiger partial charge in [0.2, 0.25) is 0 Å². The van der Waals surface area contributed by atoms with Crippen molar-refractivity contribution in [2.24, 2.45) is 4.99 Å². The predicted molar refractivity (Wildman–Crippen MR) is 74.2 cm³/mol. The number of aromatic amines is 1. The van der Waals surface area contributed by atoms with Crippen molar-refractivity contribution in [3.63, 3.8) is 0 Å². The number of nitrogens with one attached hydrogen (secondary N) is 1. The van der Waals surface area contributed by atoms with Crippen molar-refractivity contribution < 1.29 is 0 Å². The number of rotatable bonds is 2. The van der Waals surface area contributed by atoms with Crippen LogP contribution in [0.5, 0.6) is 0 Å². The molecule has 0 atom stereocenters. The van der Waals surface area contributed by atoms with Crippen molar-refractivity contribution in [3.05, 3.63) is 52.5 Å². The Bertz CT molecular complexity index is 551. The Morgan fingerprint density at radius 3 is 2.47 bits per heavy atom. The van der Waals surface area contributed by atoms with Gasteiger partial charge in [-0.1, -0.05) is 6.08 Å². The van der Waals surface area contributed by atoms with Crippen LogP contribution in [0.15, 0.2) is 40.6 Å². The van der Waals surface area contributed by atoms with Crippen molar-refractivity contribution in [1.29, 1.82) is 0 Å². The molecule has 1 N–H and O–H groups in total. The zero-order valence-corrected chi connectivity index (χ0v) is 10.8. The van der Waals surface area contributed by atoms with E-state index >= 15 is 0 Å². The summed E-state index contributed by atoms with van der Waals surface area (Å²) in [5.74, 6) is 0. The van der Waals surface area contributed by atoms with Crippen LogP contribution in [-0.4, -0.2) is 10.7 Å². The molecule has 0 unspecified atom stereocenters. The van der Waals surface area contributed by atoms with E-state index in [1.165, 1.54) is 22.5 Å². The van der Waals surface area contributed by atoms with Crippen LogP contribution in [-0.2, 0) is 0 Å². The Morgan fingerprint density at radius 2 is 1.94 bits per heavy atom. The first-order valence-corrected chi connectivity index (χ1v) is 5.85. The van der Waals surface area contributed by atoms with Gasteiger partial charge < -0.3 is 4.98 Å². The summed E-state index contributed by atoms with van der Waals surface area (Å²) in [4.78, 5) is 7.78. The van der Waals surface area contributed by atoms with Crippen LogP contribution in [0.3, 0.4) is 0 Å². The maximum absolute atomic E-state index is 4.45. The summed E-state index contributed by atoms with van der Waals surface area (Å²) in [6.45, 7) is 8.29. The van der Waals surface area contributed by atoms with E-state index in [1.54, 1.807) is 0 Å². The highest BCUT2D eigenvalue weighted by molar-refractivity contribution is 5.97. The Balaban J connectivity index is 2.16. The van der Waals surface area contributed by atoms with Crippen LogP contribution < -0.4 is 0 Å². The van der Waals surface area contributed by atoms with Gasteiger partial charge in [-0.2, -0.15) is 0 Å². The molecule has 0 bridgehead atoms. The summed E-state index contributed by atoms with van der Waals surface area (Å²) in [5.41, 5.74) is 7.00. The second-order valence-corrected chi connectivity index (χ2v) is 4.54. The molecule has 88 valence electrons. The van der Waals surface area contributed by atoms with Crippen LogP contribution in [0.25, 0.3) is 6.08 Å². The molecule has 2 heterocycles. The number of aryl methyl sites for hydroxylation is 2. The average molecular weight is 226 g/mol. The van der Waals surface area contributed by atoms with E-state index in [1.807, 2.05) is 13.0 Å². The summed E-state index contributed by atoms with van der Waals surface area (Å²) >= 11 is 0. The highest BCUT2D eigenvalue weighted by Gasteiger charge is 2.04. The molecule has 0 saturated carbocycles. The third kappa shape index (κ3) is 2.64. The van der Waals surface area contributed by atoms with Crippen LogP contribution in [0.4, 0.5) is 0 Å². The molecule has 1 aliphatic heterocycles. The molecule has 0 aliphatic carbocycles. The molecule has 0 amide bonds. The zero-order valence-electron chi connectivity index (χ0n) is 10.8. The number of allylic oxidation sites excluding steroid dienone is 4. The van der Waals surface area contributed by atoms with E-state index < -0.39 is 0 Å². The summed E-state index contributed by atoms with van der Waals surface area (Å²) in [5, 5.41) is 0. The first-order chi connectivity index (χ1) is 8.06. The lowest BCUT2D eigenvalue weighted by Crippen LogP contribution is -1.76. The van der Waals surface area contributed by atoms with Gasteiger partial charge in [0.15, 0.2) is 0 Å². The number of hydrogen-bond acceptors (Lipinski definition) is 1. The summed E-state index contributed by atoms with van der Waals surface area (Å²) in [7, 11) is 0. The molecule has 0 saturated heterocycles. The lowest BCUT2D eigenvalue weighted by Gasteiger charge is -1.93. The van der Waals surface area contributed by atoms with E-state index in [4.69, 9.17) is 0 Å². The van der Waals surface area contributed by atoms with Crippen molar-refractivity contribution in [2.75, 3.05) is 0 Å². The second-order valence-electron chi connectivity index (χ2n) is 4.54. The molecule has 2 heteroatoms. The van der Waals surface area contributed by atoms with Crippen LogP contribution in [0.2, 0.25) is 0 Å². The third-order valence-corrected chi connectivity index (χ3v) is 2.83. The van der Waals surface area contributed by atoms with E-state index in [-0.39, 0.29) is 0 Å². The minimum atomic E-state index is 1.06. The fraction of sp³-hybridized carbons (Fsp3) is 0.267. The minimum Gasteiger partial charge on any atom is -0.359 e. The largest absolute Gasteiger partial charge is 0.359 e. The summed E-state index contributed by atoms with van der Waals surface area (Å²) in [6.07, 6.45) is 8.29. The topological polar surface area (TPSA) is 28.1 Å². The van der Waals surface area contributed by atoms with Gasteiger partial charge in [0, 0.05) is 17.1 Å². The number of nitrogens with zero attached hydrogens (tertiary/aromatic N) is 1. The monoisotopic (exact) mass is 226 g/mol. The van der Waals surface area contributed by atoms with Gasteiger partial charge in [-0.3, -0.25) is 4.99 Å². The van der Waals surface area contributed by atoms with Gasteiger partial charge in [0.25, 0.3) is 0 Å². The maximum atomic E-state index is 4.45. The second kappa shape index (κ2) is 4.58. The molecule has 1 aliphatic rings. The predicted octanol–water partition coefficient (Wildman–Crippen LogP) is 3.95. The molecule has 0 spiro atoms. The van der Waals surface area contributed by atoms with E-state index in [9.17, 15) is 0 Å². The number of hydrogen-bond donors (Lipinski definition) is 1. The highest BCUT2D eigenvalue weighted by Crippen LogP contribution is 2.18. The van der Waals surface area contributed by atoms with E-state index in [2.05, 4.69) is 55.0 Å². The van der Waals surface area contributed by atoms with E-state index in [0.717, 1.165) is 11.4 Å². The molecule has 17 heavy (non-hydrogen) atoms. The van der Waals surface area contributed by atoms with E-state index in [0.29, 0.717) is 0 Å². The molecular weight excluding hydrogens is 208 g/mol. The number of H-pyrrole nitrogens is 1. The first kappa shape index (κ1) is 11.6. The normalized spacial score (nSPS) is 18.0. The third-order valence-electron chi connectivity index (χ3n) is 2.83. The molecular formula is C15H18N2. The molecule has 1 aromatic rings. The lowest BCUT2D eigenvalue weighted by molar-refractivity contribution is 1.24. The van der Waals surface area contributed by atoms with Gasteiger partial charge in [0.1, 0.15) is 0 Å². The first-order valence-electron chi connectivity index (χ1n) is 5.85. The zero-order chi connectivity index (χ0) is 12.4. The number of aromatic nitrogens is 1. The van der Waals surface area contributed by atoms with Crippen molar-refractivity contribution in [2.45, 2.75) is 27.7 Å². The molecule has 0 fully saturated rings. The molecule has 2 nitrogen and oxygen atoms in total. The van der Waals surface area contributed by atoms with Gasteiger partial charge in [-0.15, -0.1) is 0 Å². The van der Waals surface area contributed by atoms with Gasteiger partial charge in [-0.25, -0.2) is 0 Å². The van der Waals surface area contributed by atoms with Crippen molar-refractivity contribution in [1.82, 2.24) is 4.98 Å². The molecule has 0 aromatic carbocycles. The van der Waals surface area contributed by atoms with Crippen LogP contribution in [0, 0.1) is 13.8 Å². The average Bonchev–Trinajstić information content (AvgIpc) is 2.71. The lowest BCUT2D eigenvalue weighted by atomic mass is 10.2. The van der Waals surface area contributed by atoms with Gasteiger partial charge in [-0.05, 0) is 63.1 Å². The molecule has 0 radical (unpaired) electrons. The minimum absolute atomic E-state index is 1.06. The van der Waals surface area contributed by atoms with Gasteiger partial charge in [0.05, 0.1) is 5.70 Å². The Morgan fingerprint density at radius 1 is 1.18 bits per heavy atom. The standard InChI is InChI=1S/C15H18N2/c1-10-8-12(3)16-14(10)6-5-7-15-11(2)9-13(4)17-15/h5-9,16H,1-4H3/b6-5+,15-7+. The van der Waals surface area contributed by atoms with Gasteiger partial charge >= 0.3 is 0 Å². The Hall–Kier alpha value is -1.83. The van der Waals surface area contributed by atoms with Crippen molar-refractivity contribution in [3.8, 4) is 0 Å². The molecule has 2 rings (SSSR count). The van der Waals surface area contributed by atoms with Crippen LogP contribution >= 0.6 is 0 Å². The maximum Gasteiger partial charge on any atom is 0.0662 e. The highest BCUT2D eigenvalue weighted by atomic mass is 14.8. The fourth-order valence-electron chi connectivity index (χ4n) is 2.02.